The van der Waals surface area contributed by atoms with Gasteiger partial charge >= 0.3 is 5.69 Å². The monoisotopic (exact) mass is 308 g/mol. The Bertz CT molecular complexity index is 666. The van der Waals surface area contributed by atoms with Crippen molar-refractivity contribution in [1.82, 2.24) is 9.13 Å². The summed E-state index contributed by atoms with van der Waals surface area (Å²) in [4.78, 5) is 36.0. The Hall–Kier alpha value is -1.85. The third-order valence-electron chi connectivity index (χ3n) is 4.65. The van der Waals surface area contributed by atoms with Crippen LogP contribution in [-0.4, -0.2) is 20.0 Å². The lowest BCUT2D eigenvalue weighted by atomic mass is 9.85. The highest BCUT2D eigenvalue weighted by Gasteiger charge is 2.22. The first-order valence-electron chi connectivity index (χ1n) is 7.95. The van der Waals surface area contributed by atoms with Crippen LogP contribution in [0.4, 0.5) is 0 Å². The number of Topliss-reactive ketones (excluding diaryl/α,β-unsaturated/α-hetero) is 1. The molecule has 1 aliphatic rings. The molecule has 0 spiro atoms. The highest BCUT2D eigenvalue weighted by molar-refractivity contribution is 5.97. The molecule has 22 heavy (non-hydrogen) atoms. The summed E-state index contributed by atoms with van der Waals surface area (Å²) in [6.45, 7) is 0. The van der Waals surface area contributed by atoms with Crippen LogP contribution < -0.4 is 11.2 Å². The molecule has 0 radical (unpaired) electrons. The van der Waals surface area contributed by atoms with Crippen molar-refractivity contribution in [1.29, 1.82) is 0 Å². The third kappa shape index (κ3) is 3.31. The largest absolute Gasteiger partial charge is 0.494 e. The van der Waals surface area contributed by atoms with Crippen LogP contribution in [0, 0.1) is 5.92 Å². The molecule has 0 atom stereocenters. The molecule has 2 rings (SSSR count). The molecule has 1 aromatic rings. The number of carbonyl (C=O) groups excluding carboxylic acids is 1. The SMILES string of the molecule is Cn1c(O)c(C(=O)CCCC2CCCCC2)c(=O)n(C)c1=O. The van der Waals surface area contributed by atoms with Gasteiger partial charge in [0.05, 0.1) is 0 Å². The first-order chi connectivity index (χ1) is 10.4. The van der Waals surface area contributed by atoms with Crippen LogP contribution >= 0.6 is 0 Å². The van der Waals surface area contributed by atoms with Gasteiger partial charge in [-0.25, -0.2) is 4.79 Å². The van der Waals surface area contributed by atoms with Crippen molar-refractivity contribution in [3.63, 3.8) is 0 Å². The van der Waals surface area contributed by atoms with Gasteiger partial charge in [-0.15, -0.1) is 0 Å². The molecule has 0 unspecified atom stereocenters. The van der Waals surface area contributed by atoms with E-state index in [1.807, 2.05) is 0 Å². The van der Waals surface area contributed by atoms with E-state index in [1.54, 1.807) is 0 Å². The zero-order chi connectivity index (χ0) is 16.3. The van der Waals surface area contributed by atoms with E-state index in [4.69, 9.17) is 0 Å². The van der Waals surface area contributed by atoms with Gasteiger partial charge in [-0.05, 0) is 12.3 Å². The van der Waals surface area contributed by atoms with Crippen molar-refractivity contribution in [2.24, 2.45) is 20.0 Å². The average Bonchev–Trinajstić information content (AvgIpc) is 2.52. The van der Waals surface area contributed by atoms with Crippen LogP contribution in [0.15, 0.2) is 9.59 Å². The topological polar surface area (TPSA) is 81.3 Å². The molecule has 0 aromatic carbocycles. The molecule has 0 saturated heterocycles. The summed E-state index contributed by atoms with van der Waals surface area (Å²) in [7, 11) is 2.65. The summed E-state index contributed by atoms with van der Waals surface area (Å²) >= 11 is 0. The van der Waals surface area contributed by atoms with Crippen molar-refractivity contribution in [3.05, 3.63) is 26.4 Å². The summed E-state index contributed by atoms with van der Waals surface area (Å²) in [5, 5.41) is 9.93. The van der Waals surface area contributed by atoms with Gasteiger partial charge < -0.3 is 5.11 Å². The summed E-state index contributed by atoms with van der Waals surface area (Å²) in [6.07, 6.45) is 8.21. The molecule has 0 bridgehead atoms. The number of hydrogen-bond acceptors (Lipinski definition) is 4. The molecule has 1 fully saturated rings. The molecule has 1 saturated carbocycles. The minimum absolute atomic E-state index is 0.234. The quantitative estimate of drug-likeness (QED) is 0.840. The van der Waals surface area contributed by atoms with E-state index in [2.05, 4.69) is 0 Å². The Kier molecular flexibility index (Phi) is 5.21. The van der Waals surface area contributed by atoms with E-state index in [1.165, 1.54) is 46.2 Å². The Balaban J connectivity index is 2.07. The van der Waals surface area contributed by atoms with Gasteiger partial charge in [0.1, 0.15) is 5.56 Å². The van der Waals surface area contributed by atoms with Crippen molar-refractivity contribution in [3.8, 4) is 5.88 Å². The van der Waals surface area contributed by atoms with Gasteiger partial charge in [-0.3, -0.25) is 18.7 Å². The number of nitrogens with zero attached hydrogens (tertiary/aromatic N) is 2. The van der Waals surface area contributed by atoms with Gasteiger partial charge in [0.25, 0.3) is 5.56 Å². The maximum Gasteiger partial charge on any atom is 0.333 e. The lowest BCUT2D eigenvalue weighted by Gasteiger charge is -2.21. The molecule has 1 aliphatic carbocycles. The molecular formula is C16H24N2O4. The Morgan fingerprint density at radius 1 is 1.14 bits per heavy atom. The van der Waals surface area contributed by atoms with Crippen LogP contribution in [0.5, 0.6) is 5.88 Å². The number of aromatic hydroxyl groups is 1. The highest BCUT2D eigenvalue weighted by atomic mass is 16.3. The van der Waals surface area contributed by atoms with E-state index >= 15 is 0 Å². The lowest BCUT2D eigenvalue weighted by molar-refractivity contribution is 0.0970. The Morgan fingerprint density at radius 3 is 2.41 bits per heavy atom. The van der Waals surface area contributed by atoms with Crippen molar-refractivity contribution in [2.45, 2.75) is 51.4 Å². The lowest BCUT2D eigenvalue weighted by Crippen LogP contribution is -2.39. The van der Waals surface area contributed by atoms with Crippen LogP contribution in [0.25, 0.3) is 0 Å². The van der Waals surface area contributed by atoms with Crippen LogP contribution in [0.3, 0.4) is 0 Å². The molecule has 0 aliphatic heterocycles. The number of ketones is 1. The van der Waals surface area contributed by atoms with Crippen LogP contribution in [-0.2, 0) is 14.1 Å². The van der Waals surface area contributed by atoms with E-state index < -0.39 is 17.1 Å². The summed E-state index contributed by atoms with van der Waals surface area (Å²) < 4.78 is 1.78. The second kappa shape index (κ2) is 6.94. The molecule has 1 N–H and O–H groups in total. The fraction of sp³-hybridized carbons (Fsp3) is 0.688. The normalized spacial score (nSPS) is 15.9. The molecule has 1 heterocycles. The number of rotatable bonds is 5. The van der Waals surface area contributed by atoms with Crippen LogP contribution in [0.1, 0.15) is 61.7 Å². The molecule has 6 nitrogen and oxygen atoms in total. The van der Waals surface area contributed by atoms with Crippen molar-refractivity contribution >= 4 is 5.78 Å². The molecular weight excluding hydrogens is 284 g/mol. The van der Waals surface area contributed by atoms with E-state index in [0.717, 1.165) is 22.0 Å². The predicted molar refractivity (Wildman–Crippen MR) is 83.3 cm³/mol. The molecule has 0 amide bonds. The molecule has 1 aromatic heterocycles. The summed E-state index contributed by atoms with van der Waals surface area (Å²) in [5.41, 5.74) is -1.63. The van der Waals surface area contributed by atoms with Gasteiger partial charge in [-0.2, -0.15) is 0 Å². The molecule has 122 valence electrons. The third-order valence-corrected chi connectivity index (χ3v) is 4.65. The van der Waals surface area contributed by atoms with Gasteiger partial charge in [-0.1, -0.05) is 38.5 Å². The van der Waals surface area contributed by atoms with Crippen LogP contribution in [0.2, 0.25) is 0 Å². The maximum absolute atomic E-state index is 12.3. The predicted octanol–water partition coefficient (Wildman–Crippen LogP) is 1.72. The minimum Gasteiger partial charge on any atom is -0.494 e. The number of carbonyl (C=O) groups is 1. The standard InChI is InChI=1S/C16H24N2O4/c1-17-14(20)13(15(21)18(2)16(17)22)12(19)10-6-9-11-7-4-3-5-8-11/h11,20H,3-10H2,1-2H3. The highest BCUT2D eigenvalue weighted by Crippen LogP contribution is 2.28. The maximum atomic E-state index is 12.3. The Labute approximate surface area is 129 Å². The second-order valence-electron chi connectivity index (χ2n) is 6.22. The van der Waals surface area contributed by atoms with Crippen molar-refractivity contribution < 1.29 is 9.90 Å². The zero-order valence-electron chi connectivity index (χ0n) is 13.3. The van der Waals surface area contributed by atoms with Gasteiger partial charge in [0.15, 0.2) is 5.78 Å². The summed E-state index contributed by atoms with van der Waals surface area (Å²) in [5.74, 6) is -0.238. The van der Waals surface area contributed by atoms with E-state index in [-0.39, 0.29) is 17.8 Å². The fourth-order valence-corrected chi connectivity index (χ4v) is 3.23. The van der Waals surface area contributed by atoms with E-state index in [9.17, 15) is 19.5 Å². The second-order valence-corrected chi connectivity index (χ2v) is 6.22. The average molecular weight is 308 g/mol. The van der Waals surface area contributed by atoms with Crippen molar-refractivity contribution in [2.75, 3.05) is 0 Å². The first-order valence-corrected chi connectivity index (χ1v) is 7.95. The van der Waals surface area contributed by atoms with Gasteiger partial charge in [0.2, 0.25) is 5.88 Å². The minimum atomic E-state index is -0.719. The fourth-order valence-electron chi connectivity index (χ4n) is 3.23. The first kappa shape index (κ1) is 16.5. The number of aromatic nitrogens is 2. The summed E-state index contributed by atoms with van der Waals surface area (Å²) in [6, 6.07) is 0. The smallest absolute Gasteiger partial charge is 0.333 e. The zero-order valence-corrected chi connectivity index (χ0v) is 13.3. The number of hydrogen-bond donors (Lipinski definition) is 1. The van der Waals surface area contributed by atoms with E-state index in [0.29, 0.717) is 5.92 Å². The molecule has 6 heteroatoms. The van der Waals surface area contributed by atoms with Gasteiger partial charge in [0, 0.05) is 20.5 Å². The Morgan fingerprint density at radius 2 is 1.77 bits per heavy atom.